The lowest BCUT2D eigenvalue weighted by atomic mass is 10.2. The quantitative estimate of drug-likeness (QED) is 0.340. The number of thiocarbonyl (C=S) groups is 1. The van der Waals surface area contributed by atoms with Crippen molar-refractivity contribution in [1.82, 2.24) is 9.80 Å². The minimum absolute atomic E-state index is 0. The summed E-state index contributed by atoms with van der Waals surface area (Å²) in [6, 6.07) is 5.13. The first-order valence-corrected chi connectivity index (χ1v) is 9.77. The highest BCUT2D eigenvalue weighted by Gasteiger charge is 2.32. The maximum absolute atomic E-state index is 12.6. The van der Waals surface area contributed by atoms with Gasteiger partial charge < -0.3 is 9.64 Å². The van der Waals surface area contributed by atoms with Crippen LogP contribution in [0.3, 0.4) is 0 Å². The third-order valence-electron chi connectivity index (χ3n) is 3.49. The van der Waals surface area contributed by atoms with Crippen molar-refractivity contribution in [3.63, 3.8) is 0 Å². The smallest absolute Gasteiger partial charge is 0.307 e. The molecule has 0 N–H and O–H groups in total. The average molecular weight is 470 g/mol. The Hall–Kier alpha value is -0.830. The lowest BCUT2D eigenvalue weighted by Gasteiger charge is -2.14. The Morgan fingerprint density at radius 3 is 2.56 bits per heavy atom. The molecule has 1 amide bonds. The minimum Gasteiger partial charge on any atom is -0.464 e. The number of rotatable bonds is 7. The Morgan fingerprint density at radius 1 is 1.33 bits per heavy atom. The Morgan fingerprint density at radius 2 is 1.96 bits per heavy atom. The summed E-state index contributed by atoms with van der Waals surface area (Å²) in [5.41, 5.74) is 0.569. The first-order chi connectivity index (χ1) is 12.3. The Kier molecular flexibility index (Phi) is 10.1. The molecule has 1 aliphatic rings. The number of nitrogens with zero attached hydrogens (tertiary/aromatic N) is 2. The van der Waals surface area contributed by atoms with Crippen molar-refractivity contribution < 1.29 is 14.3 Å². The monoisotopic (exact) mass is 468 g/mol. The largest absolute Gasteiger partial charge is 0.464 e. The number of amides is 1. The highest BCUT2D eigenvalue weighted by molar-refractivity contribution is 8.26. The van der Waals surface area contributed by atoms with E-state index in [1.807, 2.05) is 19.0 Å². The summed E-state index contributed by atoms with van der Waals surface area (Å²) in [5, 5.41) is 0.902. The van der Waals surface area contributed by atoms with Crippen LogP contribution in [0.1, 0.15) is 12.0 Å². The molecule has 27 heavy (non-hydrogen) atoms. The summed E-state index contributed by atoms with van der Waals surface area (Å²) in [6.07, 6.45) is 1.71. The lowest BCUT2D eigenvalue weighted by Crippen LogP contribution is -2.31. The molecule has 0 saturated carbocycles. The van der Waals surface area contributed by atoms with Gasteiger partial charge in [0.2, 0.25) is 0 Å². The van der Waals surface area contributed by atoms with E-state index in [0.717, 1.165) is 11.8 Å². The van der Waals surface area contributed by atoms with E-state index in [-0.39, 0.29) is 37.2 Å². The van der Waals surface area contributed by atoms with E-state index >= 15 is 0 Å². The number of hydrogen-bond acceptors (Lipinski definition) is 6. The van der Waals surface area contributed by atoms with Crippen LogP contribution in [-0.2, 0) is 14.3 Å². The number of likely N-dealkylation sites (N-methyl/N-ethyl adjacent to an activating group) is 1. The molecule has 0 aromatic heterocycles. The number of carbonyl (C=O) groups excluding carboxylic acids is 2. The fourth-order valence-corrected chi connectivity index (χ4v) is 3.89. The second-order valence-electron chi connectivity index (χ2n) is 5.74. The van der Waals surface area contributed by atoms with Crippen molar-refractivity contribution in [2.24, 2.45) is 0 Å². The van der Waals surface area contributed by atoms with Gasteiger partial charge in [-0.25, -0.2) is 0 Å². The molecule has 10 heteroatoms. The van der Waals surface area contributed by atoms with E-state index in [1.54, 1.807) is 24.3 Å². The first kappa shape index (κ1) is 24.2. The molecule has 0 radical (unpaired) electrons. The maximum Gasteiger partial charge on any atom is 0.307 e. The van der Waals surface area contributed by atoms with Crippen molar-refractivity contribution in [2.75, 3.05) is 33.8 Å². The minimum atomic E-state index is -0.362. The molecule has 0 bridgehead atoms. The summed E-state index contributed by atoms with van der Waals surface area (Å²) in [4.78, 5) is 28.1. The van der Waals surface area contributed by atoms with Crippen LogP contribution in [0, 0.1) is 0 Å². The van der Waals surface area contributed by atoms with Crippen LogP contribution in [0.15, 0.2) is 23.1 Å². The molecule has 2 rings (SSSR count). The second-order valence-corrected chi connectivity index (χ2v) is 8.23. The van der Waals surface area contributed by atoms with Crippen LogP contribution >= 0.6 is 59.6 Å². The van der Waals surface area contributed by atoms with Gasteiger partial charge in [0.25, 0.3) is 5.91 Å². The maximum atomic E-state index is 12.6. The topological polar surface area (TPSA) is 49.9 Å². The molecule has 0 aliphatic carbocycles. The number of hydrogen-bond donors (Lipinski definition) is 0. The van der Waals surface area contributed by atoms with Crippen LogP contribution in [0.5, 0.6) is 0 Å². The molecule has 0 atom stereocenters. The standard InChI is InChI=1S/C17H18Cl2N2O3S2.ClH/c1-20(2)8-9-24-15(22)6-7-21-16(23)14(26-17(21)25)10-11-12(18)4-3-5-13(11)19;/h3-5,10H,6-9H2,1-2H3;1H/b14-10-;. The zero-order valence-electron chi connectivity index (χ0n) is 14.7. The molecular weight excluding hydrogens is 451 g/mol. The van der Waals surface area contributed by atoms with E-state index in [2.05, 4.69) is 0 Å². The van der Waals surface area contributed by atoms with Crippen LogP contribution in [0.25, 0.3) is 6.08 Å². The molecule has 1 aromatic carbocycles. The van der Waals surface area contributed by atoms with Gasteiger partial charge in [0, 0.05) is 28.7 Å². The Balaban J connectivity index is 0.00000364. The fraction of sp³-hybridized carbons (Fsp3) is 0.353. The van der Waals surface area contributed by atoms with Gasteiger partial charge in [0.1, 0.15) is 10.9 Å². The Labute approximate surface area is 184 Å². The van der Waals surface area contributed by atoms with Crippen molar-refractivity contribution in [1.29, 1.82) is 0 Å². The van der Waals surface area contributed by atoms with Crippen LogP contribution in [0.4, 0.5) is 0 Å². The fourth-order valence-electron chi connectivity index (χ4n) is 2.09. The van der Waals surface area contributed by atoms with Crippen molar-refractivity contribution in [3.05, 3.63) is 38.7 Å². The second kappa shape index (κ2) is 11.2. The third-order valence-corrected chi connectivity index (χ3v) is 5.53. The van der Waals surface area contributed by atoms with Crippen LogP contribution in [0.2, 0.25) is 10.0 Å². The zero-order chi connectivity index (χ0) is 19.3. The lowest BCUT2D eigenvalue weighted by molar-refractivity contribution is -0.144. The zero-order valence-corrected chi connectivity index (χ0v) is 18.7. The van der Waals surface area contributed by atoms with Gasteiger partial charge in [-0.3, -0.25) is 14.5 Å². The highest BCUT2D eigenvalue weighted by atomic mass is 35.5. The number of carbonyl (C=O) groups is 2. The molecule has 1 heterocycles. The molecule has 5 nitrogen and oxygen atoms in total. The van der Waals surface area contributed by atoms with Crippen LogP contribution in [-0.4, -0.2) is 59.8 Å². The highest BCUT2D eigenvalue weighted by Crippen LogP contribution is 2.35. The van der Waals surface area contributed by atoms with Crippen molar-refractivity contribution in [2.45, 2.75) is 6.42 Å². The van der Waals surface area contributed by atoms with Gasteiger partial charge in [0.05, 0.1) is 11.3 Å². The number of thioether (sulfide) groups is 1. The van der Waals surface area contributed by atoms with E-state index in [1.165, 1.54) is 4.90 Å². The van der Waals surface area contributed by atoms with E-state index in [0.29, 0.717) is 38.0 Å². The summed E-state index contributed by atoms with van der Waals surface area (Å²) < 4.78 is 5.51. The first-order valence-electron chi connectivity index (χ1n) is 7.79. The van der Waals surface area contributed by atoms with Gasteiger partial charge in [-0.15, -0.1) is 12.4 Å². The molecule has 148 valence electrons. The number of esters is 1. The predicted octanol–water partition coefficient (Wildman–Crippen LogP) is 4.11. The van der Waals surface area contributed by atoms with Crippen molar-refractivity contribution >= 4 is 81.9 Å². The van der Waals surface area contributed by atoms with E-state index in [9.17, 15) is 9.59 Å². The van der Waals surface area contributed by atoms with Crippen LogP contribution < -0.4 is 0 Å². The van der Waals surface area contributed by atoms with E-state index < -0.39 is 0 Å². The summed E-state index contributed by atoms with van der Waals surface area (Å²) in [6.45, 7) is 1.14. The number of ether oxygens (including phenoxy) is 1. The van der Waals surface area contributed by atoms with Gasteiger partial charge in [0.15, 0.2) is 0 Å². The Bertz CT molecular complexity index is 737. The number of halogens is 3. The normalized spacial score (nSPS) is 15.4. The molecule has 1 saturated heterocycles. The molecule has 1 fully saturated rings. The summed E-state index contributed by atoms with van der Waals surface area (Å²) >= 11 is 18.7. The number of benzene rings is 1. The molecule has 0 spiro atoms. The summed E-state index contributed by atoms with van der Waals surface area (Å²) in [5.74, 6) is -0.629. The average Bonchev–Trinajstić information content (AvgIpc) is 2.82. The molecule has 1 aromatic rings. The third kappa shape index (κ3) is 6.93. The SMILES string of the molecule is CN(C)CCOC(=O)CCN1C(=O)/C(=C/c2c(Cl)cccc2Cl)SC1=S.Cl. The molecule has 1 aliphatic heterocycles. The molecular formula is C17H19Cl3N2O3S2. The summed E-state index contributed by atoms with van der Waals surface area (Å²) in [7, 11) is 3.79. The molecule has 0 unspecified atom stereocenters. The van der Waals surface area contributed by atoms with Gasteiger partial charge >= 0.3 is 5.97 Å². The van der Waals surface area contributed by atoms with Gasteiger partial charge in [-0.1, -0.05) is 53.2 Å². The van der Waals surface area contributed by atoms with E-state index in [4.69, 9.17) is 40.2 Å². The van der Waals surface area contributed by atoms with Gasteiger partial charge in [-0.05, 0) is 32.3 Å². The predicted molar refractivity (Wildman–Crippen MR) is 118 cm³/mol. The van der Waals surface area contributed by atoms with Gasteiger partial charge in [-0.2, -0.15) is 0 Å². The van der Waals surface area contributed by atoms with Crippen molar-refractivity contribution in [3.8, 4) is 0 Å².